The zero-order valence-corrected chi connectivity index (χ0v) is 9.45. The Labute approximate surface area is 103 Å². The van der Waals surface area contributed by atoms with Crippen molar-refractivity contribution >= 4 is 11.6 Å². The molecular formula is C11H12N4O3. The molecule has 1 aliphatic rings. The third-order valence-electron chi connectivity index (χ3n) is 2.81. The Morgan fingerprint density at radius 3 is 3.00 bits per heavy atom. The molecule has 0 aliphatic carbocycles. The van der Waals surface area contributed by atoms with E-state index in [1.54, 1.807) is 18.2 Å². The Hall–Kier alpha value is -2.08. The highest BCUT2D eigenvalue weighted by molar-refractivity contribution is 6.00. The number of nitrogens with one attached hydrogen (secondary N) is 1. The number of aliphatic hydroxyl groups is 2. The second-order valence-corrected chi connectivity index (χ2v) is 4.03. The van der Waals surface area contributed by atoms with Gasteiger partial charge in [-0.15, -0.1) is 0 Å². The van der Waals surface area contributed by atoms with Crippen LogP contribution in [0.5, 0.6) is 0 Å². The lowest BCUT2D eigenvalue weighted by Gasteiger charge is -2.18. The maximum atomic E-state index is 11.3. The number of benzene rings is 1. The van der Waals surface area contributed by atoms with Gasteiger partial charge in [0, 0.05) is 10.5 Å². The van der Waals surface area contributed by atoms with Gasteiger partial charge in [-0.3, -0.25) is 4.79 Å². The van der Waals surface area contributed by atoms with Crippen molar-refractivity contribution in [1.82, 2.24) is 0 Å². The van der Waals surface area contributed by atoms with E-state index in [1.165, 1.54) is 0 Å². The lowest BCUT2D eigenvalue weighted by molar-refractivity contribution is -0.115. The molecule has 7 heteroatoms. The normalized spacial score (nSPS) is 16.4. The fraction of sp³-hybridized carbons (Fsp3) is 0.364. The predicted octanol–water partition coefficient (Wildman–Crippen LogP) is 0.886. The van der Waals surface area contributed by atoms with Crippen molar-refractivity contribution in [3.63, 3.8) is 0 Å². The number of hydrogen-bond donors (Lipinski definition) is 3. The quantitative estimate of drug-likeness (QED) is 0.417. The first-order valence-electron chi connectivity index (χ1n) is 5.42. The molecule has 1 aromatic rings. The van der Waals surface area contributed by atoms with Crippen molar-refractivity contribution in [1.29, 1.82) is 0 Å². The summed E-state index contributed by atoms with van der Waals surface area (Å²) in [6.45, 7) is -0.227. The Morgan fingerprint density at radius 2 is 2.28 bits per heavy atom. The monoisotopic (exact) mass is 248 g/mol. The maximum absolute atomic E-state index is 11.3. The van der Waals surface area contributed by atoms with Crippen LogP contribution in [-0.4, -0.2) is 28.8 Å². The van der Waals surface area contributed by atoms with Gasteiger partial charge in [0.15, 0.2) is 0 Å². The van der Waals surface area contributed by atoms with E-state index in [0.29, 0.717) is 11.3 Å². The lowest BCUT2D eigenvalue weighted by Crippen LogP contribution is -2.22. The third kappa shape index (κ3) is 2.28. The summed E-state index contributed by atoms with van der Waals surface area (Å²) < 4.78 is 0. The molecule has 3 N–H and O–H groups in total. The van der Waals surface area contributed by atoms with E-state index in [9.17, 15) is 15.0 Å². The van der Waals surface area contributed by atoms with E-state index in [2.05, 4.69) is 15.3 Å². The van der Waals surface area contributed by atoms with Gasteiger partial charge in [-0.05, 0) is 11.1 Å². The van der Waals surface area contributed by atoms with Gasteiger partial charge in [-0.25, -0.2) is 0 Å². The molecule has 1 amide bonds. The highest BCUT2D eigenvalue weighted by atomic mass is 16.3. The van der Waals surface area contributed by atoms with Crippen LogP contribution in [0.2, 0.25) is 0 Å². The number of carbonyl (C=O) groups excluding carboxylic acids is 1. The van der Waals surface area contributed by atoms with Gasteiger partial charge in [0.2, 0.25) is 5.91 Å². The molecule has 0 aromatic heterocycles. The van der Waals surface area contributed by atoms with Crippen LogP contribution in [0.3, 0.4) is 0 Å². The van der Waals surface area contributed by atoms with Crippen molar-refractivity contribution in [2.75, 3.05) is 11.9 Å². The minimum Gasteiger partial charge on any atom is -0.390 e. The van der Waals surface area contributed by atoms with Crippen LogP contribution < -0.4 is 5.32 Å². The number of aliphatic hydroxyl groups excluding tert-OH is 2. The third-order valence-corrected chi connectivity index (χ3v) is 2.81. The molecule has 1 aromatic carbocycles. The first kappa shape index (κ1) is 12.4. The number of nitrogens with zero attached hydrogens (tertiary/aromatic N) is 3. The summed E-state index contributed by atoms with van der Waals surface area (Å²) in [6.07, 6.45) is -2.14. The summed E-state index contributed by atoms with van der Waals surface area (Å²) >= 11 is 0. The molecule has 94 valence electrons. The average Bonchev–Trinajstić information content (AvgIpc) is 2.74. The second-order valence-electron chi connectivity index (χ2n) is 4.03. The van der Waals surface area contributed by atoms with E-state index in [0.717, 1.165) is 5.56 Å². The van der Waals surface area contributed by atoms with Crippen molar-refractivity contribution < 1.29 is 15.0 Å². The number of azide groups is 1. The van der Waals surface area contributed by atoms with Gasteiger partial charge < -0.3 is 15.5 Å². The number of amides is 1. The number of hydrogen-bond acceptors (Lipinski definition) is 4. The minimum absolute atomic E-state index is 0.144. The molecule has 18 heavy (non-hydrogen) atoms. The predicted molar refractivity (Wildman–Crippen MR) is 63.8 cm³/mol. The molecule has 0 saturated heterocycles. The van der Waals surface area contributed by atoms with Crippen LogP contribution in [0.4, 0.5) is 5.69 Å². The molecular weight excluding hydrogens is 236 g/mol. The largest absolute Gasteiger partial charge is 0.390 e. The summed E-state index contributed by atoms with van der Waals surface area (Å²) in [4.78, 5) is 13.8. The number of carbonyl (C=O) groups is 1. The fourth-order valence-corrected chi connectivity index (χ4v) is 1.95. The number of para-hydroxylation sites is 1. The molecule has 0 spiro atoms. The van der Waals surface area contributed by atoms with Crippen LogP contribution in [0, 0.1) is 0 Å². The Bertz CT molecular complexity index is 525. The molecule has 2 atom stereocenters. The second kappa shape index (κ2) is 5.05. The van der Waals surface area contributed by atoms with Crippen LogP contribution in [-0.2, 0) is 11.2 Å². The Morgan fingerprint density at radius 1 is 1.50 bits per heavy atom. The van der Waals surface area contributed by atoms with Gasteiger partial charge in [0.25, 0.3) is 0 Å². The zero-order valence-electron chi connectivity index (χ0n) is 9.45. The standard InChI is InChI=1S/C11H12N4O3/c12-15-13-5-8(16)11(18)7-3-1-2-6-4-9(17)14-10(6)7/h1-3,8,11,16,18H,4-5H2,(H,14,17). The van der Waals surface area contributed by atoms with Gasteiger partial charge in [0.1, 0.15) is 6.10 Å². The fourth-order valence-electron chi connectivity index (χ4n) is 1.95. The highest BCUT2D eigenvalue weighted by Gasteiger charge is 2.26. The molecule has 0 radical (unpaired) electrons. The minimum atomic E-state index is -1.20. The van der Waals surface area contributed by atoms with Gasteiger partial charge >= 0.3 is 0 Å². The van der Waals surface area contributed by atoms with Gasteiger partial charge in [0.05, 0.1) is 24.8 Å². The van der Waals surface area contributed by atoms with Crippen molar-refractivity contribution in [3.8, 4) is 0 Å². The van der Waals surface area contributed by atoms with Crippen molar-refractivity contribution in [2.24, 2.45) is 5.11 Å². The smallest absolute Gasteiger partial charge is 0.228 e. The van der Waals surface area contributed by atoms with Crippen LogP contribution in [0.25, 0.3) is 10.4 Å². The number of rotatable bonds is 4. The first-order chi connectivity index (χ1) is 8.63. The summed E-state index contributed by atoms with van der Waals surface area (Å²) in [5.41, 5.74) is 9.92. The van der Waals surface area contributed by atoms with Crippen LogP contribution in [0.1, 0.15) is 17.2 Å². The van der Waals surface area contributed by atoms with Gasteiger partial charge in [-0.2, -0.15) is 0 Å². The molecule has 0 fully saturated rings. The van der Waals surface area contributed by atoms with Gasteiger partial charge in [-0.1, -0.05) is 23.3 Å². The van der Waals surface area contributed by atoms with E-state index >= 15 is 0 Å². The maximum Gasteiger partial charge on any atom is 0.228 e. The molecule has 2 unspecified atom stereocenters. The highest BCUT2D eigenvalue weighted by Crippen LogP contribution is 2.32. The van der Waals surface area contributed by atoms with Crippen LogP contribution >= 0.6 is 0 Å². The van der Waals surface area contributed by atoms with E-state index in [4.69, 9.17) is 5.53 Å². The zero-order chi connectivity index (χ0) is 13.1. The summed E-state index contributed by atoms with van der Waals surface area (Å²) in [5, 5.41) is 25.5. The molecule has 2 rings (SSSR count). The topological polar surface area (TPSA) is 118 Å². The Balaban J connectivity index is 2.26. The molecule has 0 saturated carbocycles. The first-order valence-corrected chi connectivity index (χ1v) is 5.42. The molecule has 7 nitrogen and oxygen atoms in total. The summed E-state index contributed by atoms with van der Waals surface area (Å²) in [6, 6.07) is 5.11. The van der Waals surface area contributed by atoms with E-state index in [1.807, 2.05) is 0 Å². The lowest BCUT2D eigenvalue weighted by atomic mass is 9.99. The summed E-state index contributed by atoms with van der Waals surface area (Å²) in [5.74, 6) is -0.144. The number of anilines is 1. The van der Waals surface area contributed by atoms with E-state index < -0.39 is 12.2 Å². The van der Waals surface area contributed by atoms with Crippen molar-refractivity contribution in [2.45, 2.75) is 18.6 Å². The Kier molecular flexibility index (Phi) is 3.47. The molecule has 1 heterocycles. The SMILES string of the molecule is [N-]=[N+]=NCC(O)C(O)c1cccc2c1NC(=O)C2. The molecule has 1 aliphatic heterocycles. The number of fused-ring (bicyclic) bond motifs is 1. The van der Waals surface area contributed by atoms with E-state index in [-0.39, 0.29) is 18.9 Å². The van der Waals surface area contributed by atoms with Crippen LogP contribution in [0.15, 0.2) is 23.3 Å². The summed E-state index contributed by atoms with van der Waals surface area (Å²) in [7, 11) is 0. The molecule has 0 bridgehead atoms. The average molecular weight is 248 g/mol. The van der Waals surface area contributed by atoms with Crippen molar-refractivity contribution in [3.05, 3.63) is 39.8 Å².